The van der Waals surface area contributed by atoms with Gasteiger partial charge in [0.25, 0.3) is 0 Å². The van der Waals surface area contributed by atoms with E-state index in [9.17, 15) is 14.3 Å². The topological polar surface area (TPSA) is 75.7 Å². The van der Waals surface area contributed by atoms with E-state index in [1.807, 2.05) is 21.1 Å². The van der Waals surface area contributed by atoms with E-state index in [0.717, 1.165) is 12.8 Å². The van der Waals surface area contributed by atoms with Gasteiger partial charge in [0.15, 0.2) is 0 Å². The first kappa shape index (κ1) is 35.7. The highest BCUT2D eigenvalue weighted by Crippen LogP contribution is 2.37. The van der Waals surface area contributed by atoms with Crippen LogP contribution in [0.25, 0.3) is 0 Å². The molecule has 0 aromatic heterocycles. The fourth-order valence-corrected chi connectivity index (χ4v) is 5.69. The molecule has 0 radical (unpaired) electrons. The molecule has 0 rings (SSSR count). The van der Waals surface area contributed by atoms with Crippen LogP contribution in [-0.2, 0) is 18.6 Å². The Bertz CT molecular complexity index is 564. The van der Waals surface area contributed by atoms with Crippen LogP contribution < -0.4 is 4.89 Å². The van der Waals surface area contributed by atoms with Crippen molar-refractivity contribution >= 4 is 13.4 Å². The third-order valence-electron chi connectivity index (χ3n) is 6.62. The van der Waals surface area contributed by atoms with Crippen molar-refractivity contribution in [1.82, 2.24) is 0 Å². The molecule has 0 aliphatic carbocycles. The van der Waals surface area contributed by atoms with Crippen molar-refractivity contribution in [2.45, 2.75) is 123 Å². The minimum Gasteiger partial charge on any atom is -0.778 e. The summed E-state index contributed by atoms with van der Waals surface area (Å²) in [6.07, 6.45) is 21.7. The number of unbranched alkanes of at least 4 members (excludes halogenated alkanes) is 15. The lowest BCUT2D eigenvalue weighted by atomic mass is 10.0. The number of ketones is 1. The Labute approximate surface area is 224 Å². The Morgan fingerprint density at radius 2 is 1.22 bits per heavy atom. The molecule has 2 unspecified atom stereocenters. The summed E-state index contributed by atoms with van der Waals surface area (Å²) in [6, 6.07) is 0. The van der Waals surface area contributed by atoms with Gasteiger partial charge in [-0.25, -0.2) is 0 Å². The molecule has 0 saturated heterocycles. The summed E-state index contributed by atoms with van der Waals surface area (Å²) in [7, 11) is 1.95. The SMILES string of the molecule is CCCCCCCCCCCCCCCCCCOCC(COP(=O)([O-])CC[N+](C)(C)C)CC(C)=O. The summed E-state index contributed by atoms with van der Waals surface area (Å²) >= 11 is 0. The predicted molar refractivity (Wildman–Crippen MR) is 150 cm³/mol. The van der Waals surface area contributed by atoms with Crippen molar-refractivity contribution in [2.75, 3.05) is 53.7 Å². The third kappa shape index (κ3) is 26.8. The molecular weight excluding hydrogens is 473 g/mol. The summed E-state index contributed by atoms with van der Waals surface area (Å²) in [5.41, 5.74) is 0. The van der Waals surface area contributed by atoms with E-state index in [4.69, 9.17) is 9.26 Å². The third-order valence-corrected chi connectivity index (χ3v) is 7.91. The van der Waals surface area contributed by atoms with Crippen LogP contribution in [-0.4, -0.2) is 63.9 Å². The van der Waals surface area contributed by atoms with Crippen molar-refractivity contribution in [3.05, 3.63) is 0 Å². The average Bonchev–Trinajstić information content (AvgIpc) is 2.79. The predicted octanol–water partition coefficient (Wildman–Crippen LogP) is 7.14. The molecule has 0 saturated carbocycles. The van der Waals surface area contributed by atoms with Gasteiger partial charge in [0.1, 0.15) is 13.4 Å². The first-order valence-corrected chi connectivity index (χ1v) is 16.6. The standard InChI is InChI=1S/C29H60NO5P/c1-6-7-8-9-10-11-12-13-14-15-16-17-18-19-20-21-23-34-26-29(25-28(2)31)27-35-36(32,33)24-22-30(3,4)5/h29H,6-27H2,1-5H3. The normalized spacial score (nSPS) is 14.6. The van der Waals surface area contributed by atoms with E-state index in [2.05, 4.69) is 6.92 Å². The van der Waals surface area contributed by atoms with Gasteiger partial charge in [-0.1, -0.05) is 103 Å². The van der Waals surface area contributed by atoms with Crippen molar-refractivity contribution in [3.63, 3.8) is 0 Å². The first-order valence-electron chi connectivity index (χ1n) is 14.9. The molecule has 0 heterocycles. The van der Waals surface area contributed by atoms with E-state index in [1.165, 1.54) is 96.8 Å². The van der Waals surface area contributed by atoms with Crippen LogP contribution >= 0.6 is 7.60 Å². The van der Waals surface area contributed by atoms with Crippen LogP contribution in [0.1, 0.15) is 123 Å². The number of rotatable bonds is 27. The molecular formula is C29H60NO5P. The van der Waals surface area contributed by atoms with E-state index in [1.54, 1.807) is 0 Å². The Balaban J connectivity index is 3.69. The molecule has 2 atom stereocenters. The van der Waals surface area contributed by atoms with Crippen molar-refractivity contribution in [3.8, 4) is 0 Å². The van der Waals surface area contributed by atoms with E-state index in [0.29, 0.717) is 24.2 Å². The second kappa shape index (κ2) is 22.7. The molecule has 0 fully saturated rings. The van der Waals surface area contributed by atoms with E-state index in [-0.39, 0.29) is 30.9 Å². The number of ether oxygens (including phenoxy) is 1. The molecule has 0 spiro atoms. The van der Waals surface area contributed by atoms with E-state index < -0.39 is 7.60 Å². The lowest BCUT2D eigenvalue weighted by Crippen LogP contribution is -2.38. The largest absolute Gasteiger partial charge is 0.778 e. The van der Waals surface area contributed by atoms with Gasteiger partial charge in [-0.2, -0.15) is 0 Å². The average molecular weight is 534 g/mol. The molecule has 216 valence electrons. The maximum Gasteiger partial charge on any atom is 0.140 e. The van der Waals surface area contributed by atoms with Gasteiger partial charge in [-0.05, 0) is 13.3 Å². The number of Topliss-reactive ketones (excluding diaryl/α,β-unsaturated/α-hetero) is 1. The highest BCUT2D eigenvalue weighted by atomic mass is 31.2. The highest BCUT2D eigenvalue weighted by Gasteiger charge is 2.19. The highest BCUT2D eigenvalue weighted by molar-refractivity contribution is 7.51. The number of hydrogen-bond acceptors (Lipinski definition) is 5. The van der Waals surface area contributed by atoms with Gasteiger partial charge >= 0.3 is 0 Å². The van der Waals surface area contributed by atoms with Gasteiger partial charge in [0.2, 0.25) is 0 Å². The zero-order valence-electron chi connectivity index (χ0n) is 24.6. The van der Waals surface area contributed by atoms with E-state index >= 15 is 0 Å². The number of quaternary nitrogens is 1. The van der Waals surface area contributed by atoms with Gasteiger partial charge in [-0.3, -0.25) is 0 Å². The molecule has 0 amide bonds. The second-order valence-electron chi connectivity index (χ2n) is 11.8. The van der Waals surface area contributed by atoms with Crippen LogP contribution in [0.2, 0.25) is 0 Å². The maximum atomic E-state index is 12.2. The summed E-state index contributed by atoms with van der Waals surface area (Å²) in [5, 5.41) is 0. The fourth-order valence-electron chi connectivity index (χ4n) is 4.28. The van der Waals surface area contributed by atoms with Crippen LogP contribution in [0.5, 0.6) is 0 Å². The van der Waals surface area contributed by atoms with Crippen molar-refractivity contribution in [2.24, 2.45) is 5.92 Å². The molecule has 6 nitrogen and oxygen atoms in total. The first-order chi connectivity index (χ1) is 17.1. The summed E-state index contributed by atoms with van der Waals surface area (Å²) in [4.78, 5) is 23.7. The number of carbonyl (C=O) groups excluding carboxylic acids is 1. The summed E-state index contributed by atoms with van der Waals surface area (Å²) in [6.45, 7) is 5.34. The van der Waals surface area contributed by atoms with Gasteiger partial charge in [0.05, 0.1) is 47.1 Å². The minimum absolute atomic E-state index is 0.00332. The number of nitrogens with zero attached hydrogens (tertiary/aromatic N) is 1. The molecule has 0 N–H and O–H groups in total. The molecule has 0 aromatic carbocycles. The zero-order chi connectivity index (χ0) is 27.1. The van der Waals surface area contributed by atoms with Gasteiger partial charge in [-0.15, -0.1) is 0 Å². The van der Waals surface area contributed by atoms with Gasteiger partial charge < -0.3 is 28.0 Å². The Kier molecular flexibility index (Phi) is 22.5. The minimum atomic E-state index is -3.90. The summed E-state index contributed by atoms with van der Waals surface area (Å²) < 4.78 is 23.7. The molecule has 0 aliphatic rings. The summed E-state index contributed by atoms with van der Waals surface area (Å²) in [5.74, 6) is -0.184. The van der Waals surface area contributed by atoms with Crippen LogP contribution in [0, 0.1) is 5.92 Å². The Morgan fingerprint density at radius 1 is 0.778 bits per heavy atom. The monoisotopic (exact) mass is 533 g/mol. The maximum absolute atomic E-state index is 12.2. The molecule has 36 heavy (non-hydrogen) atoms. The quantitative estimate of drug-likeness (QED) is 0.0637. The second-order valence-corrected chi connectivity index (χ2v) is 13.7. The molecule has 0 aromatic rings. The van der Waals surface area contributed by atoms with Crippen LogP contribution in [0.4, 0.5) is 0 Å². The fraction of sp³-hybridized carbons (Fsp3) is 0.966. The zero-order valence-corrected chi connectivity index (χ0v) is 25.5. The smallest absolute Gasteiger partial charge is 0.140 e. The lowest BCUT2D eigenvalue weighted by Gasteiger charge is -2.30. The number of carbonyl (C=O) groups is 1. The van der Waals surface area contributed by atoms with Crippen molar-refractivity contribution < 1.29 is 28.0 Å². The Morgan fingerprint density at radius 3 is 1.64 bits per heavy atom. The van der Waals surface area contributed by atoms with Gasteiger partial charge in [0, 0.05) is 18.9 Å². The van der Waals surface area contributed by atoms with Crippen molar-refractivity contribution in [1.29, 1.82) is 0 Å². The van der Waals surface area contributed by atoms with Crippen LogP contribution in [0.3, 0.4) is 0 Å². The lowest BCUT2D eigenvalue weighted by molar-refractivity contribution is -0.868. The number of hydrogen-bond donors (Lipinski definition) is 0. The molecule has 0 aliphatic heterocycles. The Hall–Kier alpha value is -0.260. The van der Waals surface area contributed by atoms with Crippen LogP contribution in [0.15, 0.2) is 0 Å². The molecule has 0 bridgehead atoms. The molecule has 7 heteroatoms.